The standard InChI is InChI=1S/C13H20N2O2/c1-4-14(5-2)13(16)11(3)15(17)12-9-7-6-8-10-12/h6-11,17H,4-5H2,1-3H3/t11-/m0/s1. The van der Waals surface area contributed by atoms with E-state index in [1.807, 2.05) is 32.0 Å². The molecule has 17 heavy (non-hydrogen) atoms. The fourth-order valence-electron chi connectivity index (χ4n) is 1.71. The van der Waals surface area contributed by atoms with Gasteiger partial charge in [-0.1, -0.05) is 18.2 Å². The fourth-order valence-corrected chi connectivity index (χ4v) is 1.71. The van der Waals surface area contributed by atoms with Crippen molar-refractivity contribution in [2.24, 2.45) is 0 Å². The van der Waals surface area contributed by atoms with Gasteiger partial charge in [-0.05, 0) is 32.9 Å². The fraction of sp³-hybridized carbons (Fsp3) is 0.462. The molecule has 0 spiro atoms. The second-order valence-electron chi connectivity index (χ2n) is 3.87. The predicted molar refractivity (Wildman–Crippen MR) is 68.1 cm³/mol. The second-order valence-corrected chi connectivity index (χ2v) is 3.87. The number of para-hydroxylation sites is 1. The molecule has 0 bridgehead atoms. The summed E-state index contributed by atoms with van der Waals surface area (Å²) < 4.78 is 0. The molecule has 4 heteroatoms. The highest BCUT2D eigenvalue weighted by molar-refractivity contribution is 5.84. The molecule has 1 amide bonds. The Labute approximate surface area is 102 Å². The van der Waals surface area contributed by atoms with Crippen molar-refractivity contribution in [2.75, 3.05) is 18.2 Å². The lowest BCUT2D eigenvalue weighted by Gasteiger charge is -2.28. The summed E-state index contributed by atoms with van der Waals surface area (Å²) in [6, 6.07) is 8.49. The van der Waals surface area contributed by atoms with E-state index in [0.29, 0.717) is 18.8 Å². The van der Waals surface area contributed by atoms with Gasteiger partial charge < -0.3 is 4.90 Å². The Morgan fingerprint density at radius 1 is 1.24 bits per heavy atom. The SMILES string of the molecule is CCN(CC)C(=O)[C@H](C)N(O)c1ccccc1. The van der Waals surface area contributed by atoms with Crippen LogP contribution in [0.25, 0.3) is 0 Å². The molecule has 0 saturated carbocycles. The second kappa shape index (κ2) is 6.25. The van der Waals surface area contributed by atoms with E-state index in [1.165, 1.54) is 0 Å². The Morgan fingerprint density at radius 3 is 2.24 bits per heavy atom. The van der Waals surface area contributed by atoms with E-state index in [1.54, 1.807) is 24.0 Å². The highest BCUT2D eigenvalue weighted by Crippen LogP contribution is 2.15. The largest absolute Gasteiger partial charge is 0.341 e. The molecule has 94 valence electrons. The summed E-state index contributed by atoms with van der Waals surface area (Å²) in [6.07, 6.45) is 0. The molecular weight excluding hydrogens is 216 g/mol. The smallest absolute Gasteiger partial charge is 0.247 e. The number of likely N-dealkylation sites (N-methyl/N-ethyl adjacent to an activating group) is 1. The lowest BCUT2D eigenvalue weighted by molar-refractivity contribution is -0.133. The number of rotatable bonds is 5. The van der Waals surface area contributed by atoms with Crippen LogP contribution >= 0.6 is 0 Å². The third-order valence-electron chi connectivity index (χ3n) is 2.82. The minimum Gasteiger partial charge on any atom is -0.341 e. The molecule has 0 aliphatic carbocycles. The predicted octanol–water partition coefficient (Wildman–Crippen LogP) is 2.14. The molecule has 1 N–H and O–H groups in total. The van der Waals surface area contributed by atoms with Crippen LogP contribution in [0, 0.1) is 0 Å². The Morgan fingerprint density at radius 2 is 1.76 bits per heavy atom. The van der Waals surface area contributed by atoms with Crippen LogP contribution in [0.5, 0.6) is 0 Å². The van der Waals surface area contributed by atoms with Crippen molar-refractivity contribution in [1.82, 2.24) is 4.90 Å². The first kappa shape index (κ1) is 13.5. The zero-order valence-electron chi connectivity index (χ0n) is 10.6. The van der Waals surface area contributed by atoms with Crippen molar-refractivity contribution in [1.29, 1.82) is 0 Å². The van der Waals surface area contributed by atoms with E-state index >= 15 is 0 Å². The normalized spacial score (nSPS) is 12.0. The maximum atomic E-state index is 12.0. The number of nitrogens with zero attached hydrogens (tertiary/aromatic N) is 2. The first-order valence-electron chi connectivity index (χ1n) is 5.93. The van der Waals surface area contributed by atoms with Crippen LogP contribution in [-0.4, -0.2) is 35.1 Å². The van der Waals surface area contributed by atoms with Crippen LogP contribution < -0.4 is 5.06 Å². The molecule has 0 aliphatic heterocycles. The highest BCUT2D eigenvalue weighted by atomic mass is 16.5. The molecule has 1 atom stereocenters. The third kappa shape index (κ3) is 3.20. The highest BCUT2D eigenvalue weighted by Gasteiger charge is 2.23. The molecule has 0 radical (unpaired) electrons. The number of carbonyl (C=O) groups excluding carboxylic acids is 1. The first-order valence-corrected chi connectivity index (χ1v) is 5.93. The van der Waals surface area contributed by atoms with Crippen molar-refractivity contribution in [2.45, 2.75) is 26.8 Å². The van der Waals surface area contributed by atoms with Gasteiger partial charge in [-0.3, -0.25) is 10.0 Å². The summed E-state index contributed by atoms with van der Waals surface area (Å²) in [5, 5.41) is 11.0. The van der Waals surface area contributed by atoms with E-state index in [4.69, 9.17) is 0 Å². The van der Waals surface area contributed by atoms with Gasteiger partial charge in [0.15, 0.2) is 0 Å². The summed E-state index contributed by atoms with van der Waals surface area (Å²) in [7, 11) is 0. The molecular formula is C13H20N2O2. The zero-order chi connectivity index (χ0) is 12.8. The first-order chi connectivity index (χ1) is 8.11. The van der Waals surface area contributed by atoms with Gasteiger partial charge >= 0.3 is 0 Å². The Balaban J connectivity index is 2.76. The summed E-state index contributed by atoms with van der Waals surface area (Å²) >= 11 is 0. The van der Waals surface area contributed by atoms with Crippen LogP contribution in [-0.2, 0) is 4.79 Å². The number of amides is 1. The Bertz CT molecular complexity index is 350. The van der Waals surface area contributed by atoms with Crippen molar-refractivity contribution in [3.8, 4) is 0 Å². The molecule has 0 heterocycles. The molecule has 0 aliphatic rings. The van der Waals surface area contributed by atoms with E-state index in [-0.39, 0.29) is 5.91 Å². The topological polar surface area (TPSA) is 43.8 Å². The molecule has 0 unspecified atom stereocenters. The molecule has 1 aromatic carbocycles. The van der Waals surface area contributed by atoms with Crippen LogP contribution in [0.15, 0.2) is 30.3 Å². The number of hydrogen-bond acceptors (Lipinski definition) is 3. The van der Waals surface area contributed by atoms with Gasteiger partial charge in [0.1, 0.15) is 6.04 Å². The zero-order valence-corrected chi connectivity index (χ0v) is 10.6. The molecule has 0 fully saturated rings. The summed E-state index contributed by atoms with van der Waals surface area (Å²) in [4.78, 5) is 13.7. The van der Waals surface area contributed by atoms with E-state index in [0.717, 1.165) is 5.06 Å². The van der Waals surface area contributed by atoms with Gasteiger partial charge in [-0.25, -0.2) is 5.06 Å². The molecule has 4 nitrogen and oxygen atoms in total. The van der Waals surface area contributed by atoms with E-state index in [9.17, 15) is 10.0 Å². The summed E-state index contributed by atoms with van der Waals surface area (Å²) in [6.45, 7) is 6.87. The molecule has 1 aromatic rings. The number of hydrogen-bond donors (Lipinski definition) is 1. The molecule has 0 saturated heterocycles. The van der Waals surface area contributed by atoms with Crippen molar-refractivity contribution >= 4 is 11.6 Å². The maximum absolute atomic E-state index is 12.0. The van der Waals surface area contributed by atoms with Gasteiger partial charge in [0, 0.05) is 13.1 Å². The summed E-state index contributed by atoms with van der Waals surface area (Å²) in [5.41, 5.74) is 0.625. The number of benzene rings is 1. The Hall–Kier alpha value is -1.55. The molecule has 1 rings (SSSR count). The van der Waals surface area contributed by atoms with Crippen LogP contribution in [0.2, 0.25) is 0 Å². The number of anilines is 1. The van der Waals surface area contributed by atoms with Crippen molar-refractivity contribution in [3.05, 3.63) is 30.3 Å². The van der Waals surface area contributed by atoms with Gasteiger partial charge in [0.25, 0.3) is 0 Å². The van der Waals surface area contributed by atoms with Gasteiger partial charge in [-0.15, -0.1) is 0 Å². The third-order valence-corrected chi connectivity index (χ3v) is 2.82. The quantitative estimate of drug-likeness (QED) is 0.797. The van der Waals surface area contributed by atoms with Gasteiger partial charge in [0.2, 0.25) is 5.91 Å². The van der Waals surface area contributed by atoms with Crippen molar-refractivity contribution < 1.29 is 10.0 Å². The monoisotopic (exact) mass is 236 g/mol. The van der Waals surface area contributed by atoms with E-state index < -0.39 is 6.04 Å². The van der Waals surface area contributed by atoms with Crippen LogP contribution in [0.3, 0.4) is 0 Å². The van der Waals surface area contributed by atoms with Crippen LogP contribution in [0.4, 0.5) is 5.69 Å². The average molecular weight is 236 g/mol. The summed E-state index contributed by atoms with van der Waals surface area (Å²) in [5.74, 6) is -0.0682. The number of hydroxylamine groups is 1. The lowest BCUT2D eigenvalue weighted by atomic mass is 10.2. The average Bonchev–Trinajstić information content (AvgIpc) is 2.39. The minimum absolute atomic E-state index is 0.0682. The Kier molecular flexibility index (Phi) is 4.97. The number of carbonyl (C=O) groups is 1. The van der Waals surface area contributed by atoms with Crippen molar-refractivity contribution in [3.63, 3.8) is 0 Å². The van der Waals surface area contributed by atoms with Gasteiger partial charge in [-0.2, -0.15) is 0 Å². The minimum atomic E-state index is -0.572. The lowest BCUT2D eigenvalue weighted by Crippen LogP contribution is -2.46. The van der Waals surface area contributed by atoms with Crippen LogP contribution in [0.1, 0.15) is 20.8 Å². The van der Waals surface area contributed by atoms with Gasteiger partial charge in [0.05, 0.1) is 5.69 Å². The molecule has 0 aromatic heterocycles. The maximum Gasteiger partial charge on any atom is 0.247 e. The van der Waals surface area contributed by atoms with E-state index in [2.05, 4.69) is 0 Å².